The molecule has 732 valence electrons. The first-order valence-electron chi connectivity index (χ1n) is 44.6. The Kier molecular flexibility index (Phi) is 36.8. The normalized spacial score (nSPS) is 15.8. The molecule has 34 nitrogen and oxygen atoms in total. The average molecular weight is 1950 g/mol. The van der Waals surface area contributed by atoms with Crippen molar-refractivity contribution in [3.8, 4) is 22.7 Å². The number of ether oxygens (including phenoxy) is 1. The maximum atomic E-state index is 12.4. The summed E-state index contributed by atoms with van der Waals surface area (Å²) in [6, 6.07) is 73.5. The highest BCUT2D eigenvalue weighted by Gasteiger charge is 2.30. The van der Waals surface area contributed by atoms with Crippen molar-refractivity contribution in [2.75, 3.05) is 52.4 Å². The van der Waals surface area contributed by atoms with Crippen LogP contribution in [0.3, 0.4) is 0 Å². The summed E-state index contributed by atoms with van der Waals surface area (Å²) in [4.78, 5) is 60.4. The van der Waals surface area contributed by atoms with Crippen LogP contribution < -0.4 is 38.9 Å². The van der Waals surface area contributed by atoms with Gasteiger partial charge in [-0.1, -0.05) is 150 Å². The monoisotopic (exact) mass is 1950 g/mol. The van der Waals surface area contributed by atoms with E-state index in [2.05, 4.69) is 121 Å². The Morgan fingerprint density at radius 1 is 0.345 bits per heavy atom. The Balaban J connectivity index is 0.000000172. The number of carbonyl (C=O) groups is 5. The van der Waals surface area contributed by atoms with Crippen LogP contribution in [0.4, 0.5) is 4.79 Å². The molecule has 4 aromatic heterocycles. The van der Waals surface area contributed by atoms with Crippen molar-refractivity contribution in [2.24, 2.45) is 22.9 Å². The zero-order valence-electron chi connectivity index (χ0n) is 77.8. The molecule has 0 unspecified atom stereocenters. The number of nitrogens with two attached hydrogens (primary N) is 4. The molecule has 8 heterocycles. The number of piperidine rings is 4. The zero-order chi connectivity index (χ0) is 97.2. The van der Waals surface area contributed by atoms with Crippen LogP contribution in [0.2, 0.25) is 0 Å². The van der Waals surface area contributed by atoms with Gasteiger partial charge in [-0.25, -0.2) is 23.5 Å². The minimum absolute atomic E-state index is 0. The maximum absolute atomic E-state index is 12.4. The van der Waals surface area contributed by atoms with E-state index in [9.17, 15) is 49.2 Å². The lowest BCUT2D eigenvalue weighted by atomic mass is 9.91. The third-order valence-corrected chi connectivity index (χ3v) is 26.2. The summed E-state index contributed by atoms with van der Waals surface area (Å²) < 4.78 is 101. The predicted octanol–water partition coefficient (Wildman–Crippen LogP) is 13.3. The first-order chi connectivity index (χ1) is 64.9. The van der Waals surface area contributed by atoms with E-state index in [1.54, 1.807) is 90.4 Å². The van der Waals surface area contributed by atoms with Gasteiger partial charge in [-0.3, -0.25) is 32.8 Å². The Morgan fingerprint density at radius 3 is 0.799 bits per heavy atom. The molecule has 11 aromatic carbocycles. The van der Waals surface area contributed by atoms with Crippen molar-refractivity contribution in [2.45, 2.75) is 137 Å². The van der Waals surface area contributed by atoms with Crippen LogP contribution in [-0.2, 0) is 35.1 Å². The molecule has 4 aliphatic heterocycles. The third-order valence-electron chi connectivity index (χ3n) is 23.6. The Hall–Kier alpha value is -14.1. The molecule has 0 radical (unpaired) electrons. The molecule has 37 heteroatoms. The van der Waals surface area contributed by atoms with Crippen LogP contribution in [0.15, 0.2) is 282 Å². The van der Waals surface area contributed by atoms with E-state index in [1.165, 1.54) is 97.2 Å². The molecule has 4 atom stereocenters. The molecule has 4 saturated heterocycles. The summed E-state index contributed by atoms with van der Waals surface area (Å²) in [7, 11) is -12.1. The fourth-order valence-corrected chi connectivity index (χ4v) is 17.8. The zero-order valence-corrected chi connectivity index (χ0v) is 80.3. The number of rotatable bonds is 15. The van der Waals surface area contributed by atoms with Gasteiger partial charge in [-0.05, 0) is 262 Å². The van der Waals surface area contributed by atoms with Crippen molar-refractivity contribution in [3.63, 3.8) is 0 Å². The van der Waals surface area contributed by atoms with E-state index in [0.29, 0.717) is 68.6 Å². The van der Waals surface area contributed by atoms with Crippen LogP contribution >= 0.6 is 0 Å². The Labute approximate surface area is 806 Å². The molecule has 19 rings (SSSR count). The van der Waals surface area contributed by atoms with Gasteiger partial charge in [-0.15, -0.1) is 0 Å². The fraction of sp³-hybridized carbons (Fsp3) is 0.265. The highest BCUT2D eigenvalue weighted by Crippen LogP contribution is 2.33. The number of amides is 5. The molecule has 0 aliphatic carbocycles. The van der Waals surface area contributed by atoms with Crippen LogP contribution in [0.25, 0.3) is 66.4 Å². The van der Waals surface area contributed by atoms with Gasteiger partial charge in [0, 0.05) is 85.0 Å². The van der Waals surface area contributed by atoms with Gasteiger partial charge < -0.3 is 65.0 Å². The number of aromatic nitrogens is 8. The van der Waals surface area contributed by atoms with Crippen LogP contribution in [-0.4, -0.2) is 187 Å². The summed E-state index contributed by atoms with van der Waals surface area (Å²) in [5.74, 6) is 0.192. The number of aryl methyl sites for hydroxylation is 3. The molecule has 0 bridgehead atoms. The molecule has 20 N–H and O–H groups in total. The number of benzene rings is 11. The second-order valence-corrected chi connectivity index (χ2v) is 39.1. The molecule has 139 heavy (non-hydrogen) atoms. The summed E-state index contributed by atoms with van der Waals surface area (Å²) in [5, 5.41) is 32.2. The first kappa shape index (κ1) is 107. The molecule has 15 aromatic rings. The van der Waals surface area contributed by atoms with Gasteiger partial charge in [0.1, 0.15) is 27.7 Å². The third kappa shape index (κ3) is 28.8. The predicted molar refractivity (Wildman–Crippen MR) is 536 cm³/mol. The number of primary amides is 4. The van der Waals surface area contributed by atoms with E-state index < -0.39 is 59.6 Å². The second kappa shape index (κ2) is 47.8. The standard InChI is InChI=1S/C24H28N4O3.3C19H20N4O.3C7H8O3S.3H2O/c1-24(2,3)31-23(30)27-13-5-7-17(14-27)16-9-11-19(12-10-16)28-15-18-6-4-8-20(22(25)29)21(18)26-28;3*20-19(24)17-5-1-3-15-12-23(22-18(15)17)16-8-6-13(7-9-16)14-4-2-10-21-11-14;3*1-6-2-4-7(5-3-6)11(8,9)10;;;/h4,6,8-12,15,17H,5,7,13-14H2,1-3H3,(H2,25,29);3*1,3,5-9,12,14,21H,2,4,10-11H2,(H2,20,24);3*2-5H,1H3,(H,8,9,10);3*1H2/t17-;3*14-;;;;;;/m1111....../s1. The van der Waals surface area contributed by atoms with Gasteiger partial charge in [0.25, 0.3) is 54.0 Å². The average Bonchev–Trinajstić information content (AvgIpc) is 1.66. The number of carbonyl (C=O) groups excluding carboxylic acids is 5. The molecule has 0 spiro atoms. The van der Waals surface area contributed by atoms with E-state index in [-0.39, 0.29) is 43.1 Å². The summed E-state index contributed by atoms with van der Waals surface area (Å²) in [6.07, 6.45) is 16.8. The van der Waals surface area contributed by atoms with Crippen LogP contribution in [0.5, 0.6) is 0 Å². The number of likely N-dealkylation sites (tertiary alicyclic amines) is 1. The highest BCUT2D eigenvalue weighted by molar-refractivity contribution is 7.86. The van der Waals surface area contributed by atoms with Crippen molar-refractivity contribution < 1.29 is 84.0 Å². The van der Waals surface area contributed by atoms with E-state index >= 15 is 0 Å². The molecular weight excluding hydrogens is 1830 g/mol. The summed E-state index contributed by atoms with van der Waals surface area (Å²) in [5.41, 5.74) is 37.6. The van der Waals surface area contributed by atoms with Gasteiger partial charge in [-0.2, -0.15) is 45.6 Å². The minimum Gasteiger partial charge on any atom is -0.444 e. The Morgan fingerprint density at radius 2 is 0.583 bits per heavy atom. The summed E-state index contributed by atoms with van der Waals surface area (Å²) >= 11 is 0. The van der Waals surface area contributed by atoms with Gasteiger partial charge >= 0.3 is 6.09 Å². The molecule has 0 saturated carbocycles. The number of hydrogen-bond donors (Lipinski definition) is 10. The number of hydrogen-bond acceptors (Lipinski definition) is 19. The summed E-state index contributed by atoms with van der Waals surface area (Å²) in [6.45, 7) is 19.1. The topological polar surface area (TPSA) is 567 Å². The number of nitrogens with one attached hydrogen (secondary N) is 3. The first-order valence-corrected chi connectivity index (χ1v) is 49.0. The lowest BCUT2D eigenvalue weighted by Gasteiger charge is -2.34. The van der Waals surface area contributed by atoms with Gasteiger partial charge in [0.2, 0.25) is 0 Å². The molecular formula is C102H118N16O18S3. The van der Waals surface area contributed by atoms with E-state index in [0.717, 1.165) is 120 Å². The highest BCUT2D eigenvalue weighted by atomic mass is 32.2. The van der Waals surface area contributed by atoms with Crippen molar-refractivity contribution in [1.82, 2.24) is 60.0 Å². The van der Waals surface area contributed by atoms with E-state index in [1.807, 2.05) is 121 Å². The second-order valence-electron chi connectivity index (χ2n) is 34.9. The van der Waals surface area contributed by atoms with Gasteiger partial charge in [0.05, 0.1) is 59.7 Å². The lowest BCUT2D eigenvalue weighted by molar-refractivity contribution is 0.0197. The maximum Gasteiger partial charge on any atom is 0.410 e. The quantitative estimate of drug-likeness (QED) is 0.0426. The number of fused-ring (bicyclic) bond motifs is 4. The van der Waals surface area contributed by atoms with Crippen molar-refractivity contribution in [1.29, 1.82) is 0 Å². The molecule has 4 aliphatic rings. The minimum atomic E-state index is -4.02. The number of nitrogens with zero attached hydrogens (tertiary/aromatic N) is 9. The van der Waals surface area contributed by atoms with Crippen molar-refractivity contribution >= 4 is 104 Å². The van der Waals surface area contributed by atoms with Crippen LogP contribution in [0, 0.1) is 20.8 Å². The molecule has 4 fully saturated rings. The van der Waals surface area contributed by atoms with Gasteiger partial charge in [0.15, 0.2) is 0 Å². The van der Waals surface area contributed by atoms with E-state index in [4.69, 9.17) is 41.3 Å². The molecule has 5 amide bonds. The lowest BCUT2D eigenvalue weighted by Crippen LogP contribution is -2.42. The van der Waals surface area contributed by atoms with Crippen molar-refractivity contribution in [3.05, 3.63) is 329 Å². The largest absolute Gasteiger partial charge is 0.444 e. The smallest absolute Gasteiger partial charge is 0.410 e. The Bertz CT molecular complexity index is 6550. The SMILES string of the molecule is CC(C)(C)OC(=O)N1CCC[C@@H](c2ccc(-n3cc4cccc(C(N)=O)c4n3)cc2)C1.Cc1ccc(S(=O)(=O)O)cc1.Cc1ccc(S(=O)(=O)O)cc1.Cc1ccc(S(=O)(=O)O)cc1.NC(=O)c1cccc2cn(-c3ccc([C@@H]4CCCNC4)cc3)nc12.NC(=O)c1cccc2cn(-c3ccc([C@@H]4CCCNC4)cc3)nc12.NC(=O)c1cccc2cn(-c3ccc([C@@H]4CCCNC4)cc3)nc12.O.O.O. The fourth-order valence-electron chi connectivity index (χ4n) is 16.4. The van der Waals surface area contributed by atoms with Crippen LogP contribution in [0.1, 0.15) is 176 Å².